The standard InChI is InChI=1S/C20H24F2O/c1-4-9-20(2,3)12-15-10-14(13-23)5-7-17(15)18-11-16(21)6-8-19(18)22/h5-8,10-11,23H,4,9,12-13H2,1-3H3. The first kappa shape index (κ1) is 17.6. The van der Waals surface area contributed by atoms with Crippen molar-refractivity contribution in [3.05, 3.63) is 59.2 Å². The summed E-state index contributed by atoms with van der Waals surface area (Å²) in [6.45, 7) is 6.42. The molecule has 0 aliphatic carbocycles. The highest BCUT2D eigenvalue weighted by Gasteiger charge is 2.21. The van der Waals surface area contributed by atoms with E-state index < -0.39 is 11.6 Å². The molecule has 2 rings (SSSR count). The third-order valence-electron chi connectivity index (χ3n) is 4.17. The van der Waals surface area contributed by atoms with Crippen LogP contribution in [0.4, 0.5) is 8.78 Å². The Balaban J connectivity index is 2.53. The summed E-state index contributed by atoms with van der Waals surface area (Å²) >= 11 is 0. The van der Waals surface area contributed by atoms with E-state index in [1.807, 2.05) is 6.07 Å². The molecule has 0 amide bonds. The molecular weight excluding hydrogens is 294 g/mol. The van der Waals surface area contributed by atoms with Crippen LogP contribution in [0.15, 0.2) is 36.4 Å². The molecule has 0 radical (unpaired) electrons. The topological polar surface area (TPSA) is 20.2 Å². The van der Waals surface area contributed by atoms with Crippen LogP contribution in [-0.2, 0) is 13.0 Å². The first-order valence-electron chi connectivity index (χ1n) is 8.04. The third kappa shape index (κ3) is 4.38. The second kappa shape index (κ2) is 7.22. The fourth-order valence-corrected chi connectivity index (χ4v) is 3.14. The lowest BCUT2D eigenvalue weighted by Gasteiger charge is -2.26. The highest BCUT2D eigenvalue weighted by Crippen LogP contribution is 2.34. The van der Waals surface area contributed by atoms with Gasteiger partial charge in [0.2, 0.25) is 0 Å². The minimum absolute atomic E-state index is 0.0569. The Bertz CT molecular complexity index is 677. The van der Waals surface area contributed by atoms with E-state index >= 15 is 0 Å². The smallest absolute Gasteiger partial charge is 0.131 e. The van der Waals surface area contributed by atoms with Crippen molar-refractivity contribution in [3.63, 3.8) is 0 Å². The molecule has 0 aliphatic rings. The van der Waals surface area contributed by atoms with E-state index in [1.54, 1.807) is 12.1 Å². The van der Waals surface area contributed by atoms with Crippen LogP contribution in [0.25, 0.3) is 11.1 Å². The molecule has 1 N–H and O–H groups in total. The van der Waals surface area contributed by atoms with E-state index in [9.17, 15) is 13.9 Å². The summed E-state index contributed by atoms with van der Waals surface area (Å²) in [5.74, 6) is -0.885. The van der Waals surface area contributed by atoms with Crippen LogP contribution in [0, 0.1) is 17.0 Å². The molecular formula is C20H24F2O. The summed E-state index contributed by atoms with van der Waals surface area (Å²) in [5.41, 5.74) is 2.76. The van der Waals surface area contributed by atoms with Gasteiger partial charge in [0.1, 0.15) is 11.6 Å². The van der Waals surface area contributed by atoms with Crippen LogP contribution >= 0.6 is 0 Å². The molecule has 0 atom stereocenters. The zero-order valence-electron chi connectivity index (χ0n) is 14.0. The highest BCUT2D eigenvalue weighted by atomic mass is 19.1. The first-order valence-corrected chi connectivity index (χ1v) is 8.04. The van der Waals surface area contributed by atoms with E-state index in [-0.39, 0.29) is 17.6 Å². The fraction of sp³-hybridized carbons (Fsp3) is 0.400. The van der Waals surface area contributed by atoms with E-state index in [0.717, 1.165) is 42.5 Å². The van der Waals surface area contributed by atoms with Gasteiger partial charge >= 0.3 is 0 Å². The third-order valence-corrected chi connectivity index (χ3v) is 4.17. The van der Waals surface area contributed by atoms with Crippen LogP contribution in [0.3, 0.4) is 0 Å². The highest BCUT2D eigenvalue weighted by molar-refractivity contribution is 5.68. The van der Waals surface area contributed by atoms with E-state index in [1.165, 1.54) is 6.07 Å². The van der Waals surface area contributed by atoms with Crippen LogP contribution in [0.5, 0.6) is 0 Å². The van der Waals surface area contributed by atoms with Gasteiger partial charge in [0.15, 0.2) is 0 Å². The Morgan fingerprint density at radius 2 is 1.74 bits per heavy atom. The van der Waals surface area contributed by atoms with Crippen LogP contribution in [0.2, 0.25) is 0 Å². The number of benzene rings is 2. The average Bonchev–Trinajstić information content (AvgIpc) is 2.49. The fourth-order valence-electron chi connectivity index (χ4n) is 3.14. The summed E-state index contributed by atoms with van der Waals surface area (Å²) < 4.78 is 27.7. The Hall–Kier alpha value is -1.74. The van der Waals surface area contributed by atoms with Gasteiger partial charge in [-0.1, -0.05) is 45.4 Å². The lowest BCUT2D eigenvalue weighted by molar-refractivity contribution is 0.281. The van der Waals surface area contributed by atoms with Crippen molar-refractivity contribution < 1.29 is 13.9 Å². The molecule has 0 aromatic heterocycles. The zero-order valence-corrected chi connectivity index (χ0v) is 14.0. The van der Waals surface area contributed by atoms with Gasteiger partial charge in [0.25, 0.3) is 0 Å². The van der Waals surface area contributed by atoms with Crippen LogP contribution in [0.1, 0.15) is 44.7 Å². The van der Waals surface area contributed by atoms with E-state index in [2.05, 4.69) is 20.8 Å². The average molecular weight is 318 g/mol. The van der Waals surface area contributed by atoms with Gasteiger partial charge in [-0.05, 0) is 53.1 Å². The molecule has 124 valence electrons. The van der Waals surface area contributed by atoms with E-state index in [0.29, 0.717) is 5.56 Å². The number of aliphatic hydroxyl groups is 1. The Labute approximate surface area is 137 Å². The second-order valence-corrected chi connectivity index (χ2v) is 6.86. The maximum atomic E-state index is 14.2. The lowest BCUT2D eigenvalue weighted by atomic mass is 9.79. The zero-order chi connectivity index (χ0) is 17.0. The van der Waals surface area contributed by atoms with Crippen LogP contribution in [-0.4, -0.2) is 5.11 Å². The predicted molar refractivity (Wildman–Crippen MR) is 90.1 cm³/mol. The van der Waals surface area contributed by atoms with Crippen molar-refractivity contribution in [1.82, 2.24) is 0 Å². The SMILES string of the molecule is CCCC(C)(C)Cc1cc(CO)ccc1-c1cc(F)ccc1F. The molecule has 0 saturated heterocycles. The van der Waals surface area contributed by atoms with Crippen LogP contribution < -0.4 is 0 Å². The van der Waals surface area contributed by atoms with Gasteiger partial charge in [0, 0.05) is 5.56 Å². The summed E-state index contributed by atoms with van der Waals surface area (Å²) in [5, 5.41) is 9.39. The van der Waals surface area contributed by atoms with Crippen molar-refractivity contribution in [2.24, 2.45) is 5.41 Å². The summed E-state index contributed by atoms with van der Waals surface area (Å²) in [6.07, 6.45) is 2.86. The molecule has 2 aromatic carbocycles. The molecule has 0 aliphatic heterocycles. The summed E-state index contributed by atoms with van der Waals surface area (Å²) in [6, 6.07) is 8.96. The van der Waals surface area contributed by atoms with Gasteiger partial charge in [0.05, 0.1) is 6.61 Å². The molecule has 0 saturated carbocycles. The molecule has 0 fully saturated rings. The molecule has 3 heteroatoms. The predicted octanol–water partition coefficient (Wildman–Crippen LogP) is 5.49. The number of halogens is 2. The number of aliphatic hydroxyl groups excluding tert-OH is 1. The minimum atomic E-state index is -0.452. The normalized spacial score (nSPS) is 11.7. The summed E-state index contributed by atoms with van der Waals surface area (Å²) in [4.78, 5) is 0. The second-order valence-electron chi connectivity index (χ2n) is 6.86. The molecule has 2 aromatic rings. The molecule has 0 heterocycles. The number of hydrogen-bond donors (Lipinski definition) is 1. The van der Waals surface area contributed by atoms with Gasteiger partial charge in [-0.25, -0.2) is 8.78 Å². The van der Waals surface area contributed by atoms with Crippen molar-refractivity contribution >= 4 is 0 Å². The van der Waals surface area contributed by atoms with E-state index in [4.69, 9.17) is 0 Å². The van der Waals surface area contributed by atoms with Gasteiger partial charge in [-0.2, -0.15) is 0 Å². The van der Waals surface area contributed by atoms with Crippen molar-refractivity contribution in [2.75, 3.05) is 0 Å². The van der Waals surface area contributed by atoms with Crippen molar-refractivity contribution in [3.8, 4) is 11.1 Å². The Morgan fingerprint density at radius 3 is 2.39 bits per heavy atom. The molecule has 0 unspecified atom stereocenters. The molecule has 1 nitrogen and oxygen atoms in total. The molecule has 0 bridgehead atoms. The quantitative estimate of drug-likeness (QED) is 0.746. The number of hydrogen-bond acceptors (Lipinski definition) is 1. The Kier molecular flexibility index (Phi) is 5.53. The lowest BCUT2D eigenvalue weighted by Crippen LogP contribution is -2.15. The molecule has 0 spiro atoms. The first-order chi connectivity index (χ1) is 10.9. The number of rotatable bonds is 6. The maximum Gasteiger partial charge on any atom is 0.131 e. The maximum absolute atomic E-state index is 14.2. The Morgan fingerprint density at radius 1 is 1.00 bits per heavy atom. The minimum Gasteiger partial charge on any atom is -0.392 e. The van der Waals surface area contributed by atoms with Crippen molar-refractivity contribution in [2.45, 2.75) is 46.6 Å². The molecule has 23 heavy (non-hydrogen) atoms. The monoisotopic (exact) mass is 318 g/mol. The van der Waals surface area contributed by atoms with Gasteiger partial charge in [-0.15, -0.1) is 0 Å². The largest absolute Gasteiger partial charge is 0.392 e. The summed E-state index contributed by atoms with van der Waals surface area (Å²) in [7, 11) is 0. The van der Waals surface area contributed by atoms with Gasteiger partial charge in [-0.3, -0.25) is 0 Å². The van der Waals surface area contributed by atoms with Crippen molar-refractivity contribution in [1.29, 1.82) is 0 Å². The van der Waals surface area contributed by atoms with Gasteiger partial charge < -0.3 is 5.11 Å².